The van der Waals surface area contributed by atoms with Crippen molar-refractivity contribution in [2.45, 2.75) is 58.3 Å². The molecule has 0 radical (unpaired) electrons. The normalized spacial score (nSPS) is 13.6. The number of halogens is 1. The average molecular weight is 494 g/mol. The summed E-state index contributed by atoms with van der Waals surface area (Å²) in [6, 6.07) is 29.1. The summed E-state index contributed by atoms with van der Waals surface area (Å²) < 4.78 is 6.74. The lowest BCUT2D eigenvalue weighted by Crippen LogP contribution is -2.34. The molecule has 0 aliphatic rings. The fourth-order valence-corrected chi connectivity index (χ4v) is 4.15. The number of ether oxygens (including phenoxy) is 1. The molecule has 0 saturated carbocycles. The lowest BCUT2D eigenvalue weighted by Gasteiger charge is -2.37. The quantitative estimate of drug-likeness (QED) is 0.304. The Balaban J connectivity index is 2.02. The predicted molar refractivity (Wildman–Crippen MR) is 134 cm³/mol. The number of nitrogens with zero attached hydrogens (tertiary/aromatic N) is 1. The molecule has 0 spiro atoms. The fraction of sp³-hybridized carbons (Fsp3) is 0.321. The molecule has 0 aliphatic heterocycles. The van der Waals surface area contributed by atoms with Crippen LogP contribution in [0.4, 0.5) is 0 Å². The van der Waals surface area contributed by atoms with E-state index < -0.39 is 5.60 Å². The van der Waals surface area contributed by atoms with E-state index in [1.165, 1.54) is 11.1 Å². The molecule has 168 valence electrons. The minimum Gasteiger partial charge on any atom is -0.460 e. The van der Waals surface area contributed by atoms with Crippen LogP contribution < -0.4 is 0 Å². The molecule has 3 rings (SSSR count). The number of hydrogen-bond donors (Lipinski definition) is 0. The van der Waals surface area contributed by atoms with Crippen LogP contribution in [0.5, 0.6) is 0 Å². The molecular formula is C28H32BrNO2. The summed E-state index contributed by atoms with van der Waals surface area (Å²) in [5, 5.41) is 0. The second kappa shape index (κ2) is 10.9. The Morgan fingerprint density at radius 2 is 1.44 bits per heavy atom. The summed E-state index contributed by atoms with van der Waals surface area (Å²) in [6.45, 7) is 8.66. The first-order chi connectivity index (χ1) is 15.2. The summed E-state index contributed by atoms with van der Waals surface area (Å²) in [5.74, 6) is -0.191. The Hall–Kier alpha value is -2.43. The van der Waals surface area contributed by atoms with Gasteiger partial charge in [-0.2, -0.15) is 0 Å². The van der Waals surface area contributed by atoms with E-state index in [1.807, 2.05) is 45.0 Å². The van der Waals surface area contributed by atoms with Gasteiger partial charge >= 0.3 is 5.97 Å². The molecule has 2 atom stereocenters. The zero-order chi connectivity index (χ0) is 23.1. The van der Waals surface area contributed by atoms with Crippen LogP contribution in [0, 0.1) is 0 Å². The second-order valence-corrected chi connectivity index (χ2v) is 10.0. The molecule has 3 nitrogen and oxygen atoms in total. The van der Waals surface area contributed by atoms with Crippen molar-refractivity contribution < 1.29 is 9.53 Å². The summed E-state index contributed by atoms with van der Waals surface area (Å²) >= 11 is 3.54. The van der Waals surface area contributed by atoms with Gasteiger partial charge in [-0.3, -0.25) is 9.69 Å². The standard InChI is InChI=1S/C28H32BrNO2/c1-21(23-13-9-6-10-14-23)30(20-22-11-7-5-8-12-22)26(19-27(31)32-28(2,3)4)24-15-17-25(29)18-16-24/h5-18,21,26H,19-20H2,1-4H3/t21-,26+/m0/s1. The average Bonchev–Trinajstić information content (AvgIpc) is 2.76. The lowest BCUT2D eigenvalue weighted by atomic mass is 9.96. The van der Waals surface area contributed by atoms with Crippen LogP contribution in [0.15, 0.2) is 89.4 Å². The van der Waals surface area contributed by atoms with Gasteiger partial charge in [0, 0.05) is 23.1 Å². The van der Waals surface area contributed by atoms with Crippen molar-refractivity contribution in [3.05, 3.63) is 106 Å². The zero-order valence-electron chi connectivity index (χ0n) is 19.3. The van der Waals surface area contributed by atoms with Gasteiger partial charge in [0.25, 0.3) is 0 Å². The maximum absolute atomic E-state index is 13.0. The lowest BCUT2D eigenvalue weighted by molar-refractivity contribution is -0.156. The number of esters is 1. The summed E-state index contributed by atoms with van der Waals surface area (Å²) in [6.07, 6.45) is 0.281. The first-order valence-corrected chi connectivity index (χ1v) is 11.8. The van der Waals surface area contributed by atoms with E-state index in [0.29, 0.717) is 0 Å². The predicted octanol–water partition coefficient (Wildman–Crippen LogP) is 7.49. The molecule has 0 fully saturated rings. The maximum atomic E-state index is 13.0. The van der Waals surface area contributed by atoms with Gasteiger partial charge in [0.15, 0.2) is 0 Å². The number of benzene rings is 3. The number of carbonyl (C=O) groups excluding carboxylic acids is 1. The van der Waals surface area contributed by atoms with Crippen LogP contribution in [0.25, 0.3) is 0 Å². The Morgan fingerprint density at radius 1 is 0.875 bits per heavy atom. The van der Waals surface area contributed by atoms with Crippen molar-refractivity contribution in [3.63, 3.8) is 0 Å². The van der Waals surface area contributed by atoms with Crippen molar-refractivity contribution in [1.29, 1.82) is 0 Å². The van der Waals surface area contributed by atoms with Gasteiger partial charge in [-0.15, -0.1) is 0 Å². The van der Waals surface area contributed by atoms with Crippen molar-refractivity contribution >= 4 is 21.9 Å². The minimum atomic E-state index is -0.517. The third-order valence-corrected chi connectivity index (χ3v) is 5.95. The van der Waals surface area contributed by atoms with Gasteiger partial charge in [-0.05, 0) is 56.5 Å². The van der Waals surface area contributed by atoms with E-state index in [2.05, 4.69) is 88.4 Å². The van der Waals surface area contributed by atoms with Gasteiger partial charge < -0.3 is 4.74 Å². The van der Waals surface area contributed by atoms with Gasteiger partial charge in [-0.1, -0.05) is 88.7 Å². The van der Waals surface area contributed by atoms with Crippen LogP contribution in [0.2, 0.25) is 0 Å². The largest absolute Gasteiger partial charge is 0.460 e. The molecule has 3 aromatic rings. The Bertz CT molecular complexity index is 981. The first kappa shape index (κ1) is 24.2. The Morgan fingerprint density at radius 3 is 2.00 bits per heavy atom. The zero-order valence-corrected chi connectivity index (χ0v) is 20.9. The smallest absolute Gasteiger partial charge is 0.308 e. The van der Waals surface area contributed by atoms with Gasteiger partial charge in [0.05, 0.1) is 6.42 Å². The third-order valence-electron chi connectivity index (χ3n) is 5.42. The molecule has 0 N–H and O–H groups in total. The molecular weight excluding hydrogens is 462 g/mol. The molecule has 0 saturated heterocycles. The molecule has 0 aliphatic carbocycles. The van der Waals surface area contributed by atoms with Crippen LogP contribution in [0.3, 0.4) is 0 Å². The molecule has 0 heterocycles. The van der Waals surface area contributed by atoms with Gasteiger partial charge in [0.2, 0.25) is 0 Å². The van der Waals surface area contributed by atoms with Crippen LogP contribution in [0.1, 0.15) is 62.9 Å². The molecule has 0 unspecified atom stereocenters. The van der Waals surface area contributed by atoms with Crippen LogP contribution in [-0.4, -0.2) is 16.5 Å². The number of carbonyl (C=O) groups is 1. The van der Waals surface area contributed by atoms with Crippen LogP contribution >= 0.6 is 15.9 Å². The van der Waals surface area contributed by atoms with E-state index in [9.17, 15) is 4.79 Å². The number of rotatable bonds is 8. The SMILES string of the molecule is C[C@@H](c1ccccc1)N(Cc1ccccc1)[C@H](CC(=O)OC(C)(C)C)c1ccc(Br)cc1. The van der Waals surface area contributed by atoms with E-state index in [4.69, 9.17) is 4.74 Å². The summed E-state index contributed by atoms with van der Waals surface area (Å²) in [5.41, 5.74) is 3.01. The second-order valence-electron chi connectivity index (χ2n) is 9.10. The maximum Gasteiger partial charge on any atom is 0.308 e. The van der Waals surface area contributed by atoms with Gasteiger partial charge in [-0.25, -0.2) is 0 Å². The topological polar surface area (TPSA) is 29.5 Å². The molecule has 4 heteroatoms. The highest BCUT2D eigenvalue weighted by molar-refractivity contribution is 9.10. The molecule has 0 amide bonds. The monoisotopic (exact) mass is 493 g/mol. The first-order valence-electron chi connectivity index (χ1n) is 11.0. The molecule has 32 heavy (non-hydrogen) atoms. The molecule has 0 bridgehead atoms. The highest BCUT2D eigenvalue weighted by atomic mass is 79.9. The van der Waals surface area contributed by atoms with E-state index in [-0.39, 0.29) is 24.5 Å². The number of hydrogen-bond acceptors (Lipinski definition) is 3. The highest BCUT2D eigenvalue weighted by Gasteiger charge is 2.30. The highest BCUT2D eigenvalue weighted by Crippen LogP contribution is 2.35. The molecule has 3 aromatic carbocycles. The minimum absolute atomic E-state index is 0.104. The third kappa shape index (κ3) is 7.04. The van der Waals surface area contributed by atoms with E-state index in [1.54, 1.807) is 0 Å². The fourth-order valence-electron chi connectivity index (χ4n) is 3.89. The van der Waals surface area contributed by atoms with Crippen molar-refractivity contribution in [2.75, 3.05) is 0 Å². The molecule has 0 aromatic heterocycles. The summed E-state index contributed by atoms with van der Waals surface area (Å²) in [7, 11) is 0. The van der Waals surface area contributed by atoms with Gasteiger partial charge in [0.1, 0.15) is 5.60 Å². The Kier molecular flexibility index (Phi) is 8.27. The van der Waals surface area contributed by atoms with Crippen molar-refractivity contribution in [3.8, 4) is 0 Å². The van der Waals surface area contributed by atoms with Crippen LogP contribution in [-0.2, 0) is 16.1 Å². The van der Waals surface area contributed by atoms with E-state index >= 15 is 0 Å². The van der Waals surface area contributed by atoms with Crippen molar-refractivity contribution in [1.82, 2.24) is 4.90 Å². The van der Waals surface area contributed by atoms with E-state index in [0.717, 1.165) is 16.6 Å². The van der Waals surface area contributed by atoms with Crippen molar-refractivity contribution in [2.24, 2.45) is 0 Å². The summed E-state index contributed by atoms with van der Waals surface area (Å²) in [4.78, 5) is 15.4. The Labute approximate surface area is 200 Å².